The second-order valence-electron chi connectivity index (χ2n) is 6.94. The Bertz CT molecular complexity index is 1020. The highest BCUT2D eigenvalue weighted by atomic mass is 35.5. The number of morpholine rings is 1. The first kappa shape index (κ1) is 21.2. The highest BCUT2D eigenvalue weighted by molar-refractivity contribution is 6.42. The smallest absolute Gasteiger partial charge is 0.379 e. The number of aromatic nitrogens is 2. The minimum Gasteiger partial charge on any atom is -0.379 e. The number of fused-ring (bicyclic) bond motifs is 3. The molecule has 1 aromatic heterocycles. The van der Waals surface area contributed by atoms with Crippen LogP contribution in [0.25, 0.3) is 11.0 Å². The number of nitrogens with one attached hydrogen (secondary N) is 2. The summed E-state index contributed by atoms with van der Waals surface area (Å²) < 4.78 is 48.6. The molecule has 162 valence electrons. The Hall–Kier alpha value is -2.08. The molecule has 0 aliphatic carbocycles. The van der Waals surface area contributed by atoms with Gasteiger partial charge in [-0.05, 0) is 12.1 Å². The van der Waals surface area contributed by atoms with Gasteiger partial charge in [0.2, 0.25) is 11.9 Å². The van der Waals surface area contributed by atoms with Crippen LogP contribution in [0.3, 0.4) is 0 Å². The molecule has 2 N–H and O–H groups in total. The molecule has 2 aliphatic rings. The van der Waals surface area contributed by atoms with Crippen molar-refractivity contribution >= 4 is 52.0 Å². The van der Waals surface area contributed by atoms with Gasteiger partial charge in [-0.3, -0.25) is 24.4 Å². The molecule has 0 radical (unpaired) electrons. The third kappa shape index (κ3) is 3.39. The average molecular weight is 466 g/mol. The Morgan fingerprint density at radius 3 is 2.60 bits per heavy atom. The van der Waals surface area contributed by atoms with E-state index in [4.69, 9.17) is 27.9 Å². The predicted molar refractivity (Wildman–Crippen MR) is 102 cm³/mol. The number of halogens is 5. The van der Waals surface area contributed by atoms with Crippen LogP contribution < -0.4 is 10.6 Å². The fourth-order valence-electron chi connectivity index (χ4n) is 3.58. The van der Waals surface area contributed by atoms with Gasteiger partial charge in [0.1, 0.15) is 0 Å². The van der Waals surface area contributed by atoms with Crippen molar-refractivity contribution in [1.29, 1.82) is 0 Å². The van der Waals surface area contributed by atoms with E-state index >= 15 is 0 Å². The van der Waals surface area contributed by atoms with Gasteiger partial charge in [0, 0.05) is 26.1 Å². The van der Waals surface area contributed by atoms with E-state index in [9.17, 15) is 22.8 Å². The first-order chi connectivity index (χ1) is 14.1. The van der Waals surface area contributed by atoms with Gasteiger partial charge in [-0.2, -0.15) is 13.2 Å². The second-order valence-corrected chi connectivity index (χ2v) is 7.75. The van der Waals surface area contributed by atoms with Crippen LogP contribution in [0, 0.1) is 0 Å². The van der Waals surface area contributed by atoms with Crippen molar-refractivity contribution in [3.8, 4) is 0 Å². The van der Waals surface area contributed by atoms with E-state index in [0.717, 1.165) is 0 Å². The summed E-state index contributed by atoms with van der Waals surface area (Å²) in [5, 5.41) is 4.09. The van der Waals surface area contributed by atoms with E-state index in [2.05, 4.69) is 10.3 Å². The first-order valence-corrected chi connectivity index (χ1v) is 9.76. The first-order valence-electron chi connectivity index (χ1n) is 9.01. The molecule has 3 heterocycles. The van der Waals surface area contributed by atoms with Crippen LogP contribution in [0.1, 0.15) is 6.42 Å². The van der Waals surface area contributed by atoms with Crippen molar-refractivity contribution in [3.63, 3.8) is 0 Å². The highest BCUT2D eigenvalue weighted by Crippen LogP contribution is 2.44. The second kappa shape index (κ2) is 7.56. The Labute approximate surface area is 178 Å². The lowest BCUT2D eigenvalue weighted by atomic mass is 10.1. The van der Waals surface area contributed by atoms with E-state index < -0.39 is 23.7 Å². The Kier molecular flexibility index (Phi) is 5.33. The van der Waals surface area contributed by atoms with Gasteiger partial charge in [0.05, 0.1) is 34.3 Å². The lowest BCUT2D eigenvalue weighted by Crippen LogP contribution is -2.63. The van der Waals surface area contributed by atoms with Crippen molar-refractivity contribution < 1.29 is 27.5 Å². The SMILES string of the molecule is O=C(CCN1CCOCC1)NC1(C(F)(F)F)C(=O)Nc2nc3cc(Cl)c(Cl)cc3n21. The van der Waals surface area contributed by atoms with Crippen LogP contribution in [0.15, 0.2) is 12.1 Å². The molecule has 0 bridgehead atoms. The van der Waals surface area contributed by atoms with Crippen molar-refractivity contribution in [2.45, 2.75) is 18.3 Å². The fourth-order valence-corrected chi connectivity index (χ4v) is 3.89. The summed E-state index contributed by atoms with van der Waals surface area (Å²) in [6.45, 7) is 2.37. The molecule has 1 saturated heterocycles. The molecule has 0 saturated carbocycles. The zero-order chi connectivity index (χ0) is 21.7. The maximum atomic E-state index is 14.3. The summed E-state index contributed by atoms with van der Waals surface area (Å²) in [6, 6.07) is 2.47. The van der Waals surface area contributed by atoms with Crippen LogP contribution >= 0.6 is 23.2 Å². The van der Waals surface area contributed by atoms with Crippen molar-refractivity contribution in [2.24, 2.45) is 0 Å². The van der Waals surface area contributed by atoms with Gasteiger partial charge in [-0.25, -0.2) is 4.98 Å². The number of ether oxygens (including phenoxy) is 1. The molecule has 2 aromatic rings. The number of alkyl halides is 3. The van der Waals surface area contributed by atoms with E-state index in [-0.39, 0.29) is 40.0 Å². The van der Waals surface area contributed by atoms with Crippen molar-refractivity contribution in [1.82, 2.24) is 19.8 Å². The third-order valence-electron chi connectivity index (χ3n) is 5.08. The Morgan fingerprint density at radius 2 is 1.93 bits per heavy atom. The summed E-state index contributed by atoms with van der Waals surface area (Å²) in [6.07, 6.45) is -5.38. The molecule has 8 nitrogen and oxygen atoms in total. The number of nitrogens with zero attached hydrogens (tertiary/aromatic N) is 3. The molecule has 1 atom stereocenters. The zero-order valence-corrected chi connectivity index (χ0v) is 16.9. The van der Waals surface area contributed by atoms with Gasteiger partial charge >= 0.3 is 6.18 Å². The van der Waals surface area contributed by atoms with Gasteiger partial charge in [0.15, 0.2) is 0 Å². The van der Waals surface area contributed by atoms with E-state index in [1.54, 1.807) is 0 Å². The van der Waals surface area contributed by atoms with E-state index in [1.165, 1.54) is 12.1 Å². The molecule has 4 rings (SSSR count). The van der Waals surface area contributed by atoms with Crippen LogP contribution in [0.5, 0.6) is 0 Å². The van der Waals surface area contributed by atoms with Gasteiger partial charge < -0.3 is 10.1 Å². The minimum absolute atomic E-state index is 0.0130. The number of amides is 2. The molecule has 1 fully saturated rings. The molecule has 1 aromatic carbocycles. The highest BCUT2D eigenvalue weighted by Gasteiger charge is 2.67. The average Bonchev–Trinajstić information content (AvgIpc) is 3.15. The lowest BCUT2D eigenvalue weighted by Gasteiger charge is -2.32. The normalized spacial score (nSPS) is 22.2. The number of benzene rings is 1. The van der Waals surface area contributed by atoms with Crippen molar-refractivity contribution in [2.75, 3.05) is 38.2 Å². The Balaban J connectivity index is 1.70. The van der Waals surface area contributed by atoms with Gasteiger partial charge in [-0.15, -0.1) is 0 Å². The fraction of sp³-hybridized carbons (Fsp3) is 0.471. The van der Waals surface area contributed by atoms with Gasteiger partial charge in [-0.1, -0.05) is 23.2 Å². The molecular weight excluding hydrogens is 450 g/mol. The minimum atomic E-state index is -5.16. The quantitative estimate of drug-likeness (QED) is 0.723. The van der Waals surface area contributed by atoms with Crippen molar-refractivity contribution in [3.05, 3.63) is 22.2 Å². The largest absolute Gasteiger partial charge is 0.440 e. The zero-order valence-electron chi connectivity index (χ0n) is 15.4. The number of rotatable bonds is 4. The van der Waals surface area contributed by atoms with Crippen LogP contribution in [-0.4, -0.2) is 65.3 Å². The molecule has 2 amide bonds. The summed E-state index contributed by atoms with van der Waals surface area (Å²) in [5.41, 5.74) is -3.35. The topological polar surface area (TPSA) is 88.5 Å². The van der Waals surface area contributed by atoms with Crippen LogP contribution in [-0.2, 0) is 20.0 Å². The number of carbonyl (C=O) groups is 2. The molecule has 2 aliphatic heterocycles. The number of hydrogen-bond acceptors (Lipinski definition) is 5. The van der Waals surface area contributed by atoms with Crippen LogP contribution in [0.2, 0.25) is 10.0 Å². The molecule has 0 spiro atoms. The maximum Gasteiger partial charge on any atom is 0.440 e. The third-order valence-corrected chi connectivity index (χ3v) is 5.80. The number of carbonyl (C=O) groups excluding carboxylic acids is 2. The summed E-state index contributed by atoms with van der Waals surface area (Å²) in [4.78, 5) is 30.9. The molecule has 1 unspecified atom stereocenters. The van der Waals surface area contributed by atoms with E-state index in [0.29, 0.717) is 30.9 Å². The lowest BCUT2D eigenvalue weighted by molar-refractivity contribution is -0.217. The molecule has 13 heteroatoms. The monoisotopic (exact) mass is 465 g/mol. The molecule has 30 heavy (non-hydrogen) atoms. The van der Waals surface area contributed by atoms with Gasteiger partial charge in [0.25, 0.3) is 11.6 Å². The predicted octanol–water partition coefficient (Wildman–Crippen LogP) is 2.35. The Morgan fingerprint density at radius 1 is 1.27 bits per heavy atom. The van der Waals surface area contributed by atoms with E-state index in [1.807, 2.05) is 10.2 Å². The number of hydrogen-bond donors (Lipinski definition) is 2. The maximum absolute atomic E-state index is 14.3. The summed E-state index contributed by atoms with van der Waals surface area (Å²) >= 11 is 11.9. The summed E-state index contributed by atoms with van der Waals surface area (Å²) in [5.74, 6) is -2.74. The number of anilines is 1. The standard InChI is InChI=1S/C17H16Cl2F3N5O3/c18-9-7-11-12(8-10(9)19)27-15(23-11)24-14(29)16(27,17(20,21)22)25-13(28)1-2-26-3-5-30-6-4-26/h7-8H,1-6H2,(H,25,28)(H,23,24,29). The number of imidazole rings is 1. The molecular formula is C17H16Cl2F3N5O3. The van der Waals surface area contributed by atoms with Crippen LogP contribution in [0.4, 0.5) is 19.1 Å². The summed E-state index contributed by atoms with van der Waals surface area (Å²) in [7, 11) is 0.